The minimum Gasteiger partial charge on any atom is -0.350 e. The van der Waals surface area contributed by atoms with Crippen LogP contribution in [-0.2, 0) is 11.2 Å². The predicted molar refractivity (Wildman–Crippen MR) is 71.9 cm³/mol. The quantitative estimate of drug-likeness (QED) is 0.799. The van der Waals surface area contributed by atoms with E-state index in [-0.39, 0.29) is 11.9 Å². The van der Waals surface area contributed by atoms with Crippen LogP contribution in [-0.4, -0.2) is 5.91 Å². The first-order valence-electron chi connectivity index (χ1n) is 6.55. The van der Waals surface area contributed by atoms with Crippen LogP contribution in [0.25, 0.3) is 0 Å². The monoisotopic (exact) mass is 233 g/mol. The van der Waals surface area contributed by atoms with Crippen molar-refractivity contribution in [3.63, 3.8) is 0 Å². The van der Waals surface area contributed by atoms with Gasteiger partial charge in [-0.15, -0.1) is 0 Å². The molecule has 1 atom stereocenters. The Morgan fingerprint density at radius 2 is 1.88 bits per heavy atom. The lowest BCUT2D eigenvalue weighted by atomic mass is 10.0. The van der Waals surface area contributed by atoms with Crippen LogP contribution in [0.5, 0.6) is 0 Å². The molecule has 1 N–H and O–H groups in total. The first-order chi connectivity index (χ1) is 8.17. The number of carbonyl (C=O) groups is 1. The summed E-state index contributed by atoms with van der Waals surface area (Å²) in [6.07, 6.45) is 3.71. The fourth-order valence-corrected chi connectivity index (χ4v) is 1.78. The number of amides is 1. The van der Waals surface area contributed by atoms with Crippen molar-refractivity contribution in [2.24, 2.45) is 0 Å². The molecule has 0 aliphatic heterocycles. The van der Waals surface area contributed by atoms with Gasteiger partial charge in [-0.2, -0.15) is 0 Å². The van der Waals surface area contributed by atoms with Crippen molar-refractivity contribution in [3.8, 4) is 0 Å². The number of hydrogen-bond donors (Lipinski definition) is 1. The second-order valence-electron chi connectivity index (χ2n) is 4.49. The van der Waals surface area contributed by atoms with Crippen molar-refractivity contribution in [1.29, 1.82) is 0 Å². The largest absolute Gasteiger partial charge is 0.350 e. The summed E-state index contributed by atoms with van der Waals surface area (Å²) in [7, 11) is 0. The second kappa shape index (κ2) is 7.10. The van der Waals surface area contributed by atoms with E-state index in [0.29, 0.717) is 6.42 Å². The van der Waals surface area contributed by atoms with Crippen LogP contribution in [0.1, 0.15) is 57.2 Å². The molecule has 1 aromatic rings. The molecule has 1 amide bonds. The van der Waals surface area contributed by atoms with E-state index < -0.39 is 0 Å². The SMILES string of the molecule is CCCCC(=O)NC(C)c1ccc(CC)cc1. The molecule has 0 saturated carbocycles. The molecule has 17 heavy (non-hydrogen) atoms. The van der Waals surface area contributed by atoms with Gasteiger partial charge >= 0.3 is 0 Å². The van der Waals surface area contributed by atoms with E-state index in [9.17, 15) is 4.79 Å². The summed E-state index contributed by atoms with van der Waals surface area (Å²) in [6, 6.07) is 8.56. The molecule has 0 heterocycles. The van der Waals surface area contributed by atoms with Gasteiger partial charge in [-0.1, -0.05) is 44.5 Å². The Morgan fingerprint density at radius 1 is 1.24 bits per heavy atom. The fourth-order valence-electron chi connectivity index (χ4n) is 1.78. The molecule has 0 spiro atoms. The van der Waals surface area contributed by atoms with E-state index in [0.717, 1.165) is 19.3 Å². The fraction of sp³-hybridized carbons (Fsp3) is 0.533. The average Bonchev–Trinajstić information content (AvgIpc) is 2.36. The molecule has 2 nitrogen and oxygen atoms in total. The maximum atomic E-state index is 11.6. The number of carbonyl (C=O) groups excluding carboxylic acids is 1. The molecule has 0 saturated heterocycles. The number of unbranched alkanes of at least 4 members (excludes halogenated alkanes) is 1. The van der Waals surface area contributed by atoms with Crippen LogP contribution in [0, 0.1) is 0 Å². The summed E-state index contributed by atoms with van der Waals surface area (Å²) in [5.74, 6) is 0.152. The van der Waals surface area contributed by atoms with Gasteiger partial charge in [0.25, 0.3) is 0 Å². The summed E-state index contributed by atoms with van der Waals surface area (Å²) in [5, 5.41) is 3.03. The molecular formula is C15H23NO. The van der Waals surface area contributed by atoms with Crippen LogP contribution in [0.2, 0.25) is 0 Å². The number of rotatable bonds is 6. The zero-order valence-corrected chi connectivity index (χ0v) is 11.1. The van der Waals surface area contributed by atoms with Crippen LogP contribution < -0.4 is 5.32 Å². The van der Waals surface area contributed by atoms with E-state index in [1.54, 1.807) is 0 Å². The highest BCUT2D eigenvalue weighted by molar-refractivity contribution is 5.76. The first kappa shape index (κ1) is 13.8. The summed E-state index contributed by atoms with van der Waals surface area (Å²) in [4.78, 5) is 11.6. The maximum absolute atomic E-state index is 11.6. The Bertz CT molecular complexity index is 342. The van der Waals surface area contributed by atoms with Gasteiger partial charge in [-0.25, -0.2) is 0 Å². The van der Waals surface area contributed by atoms with Crippen LogP contribution in [0.15, 0.2) is 24.3 Å². The van der Waals surface area contributed by atoms with Gasteiger partial charge in [0.2, 0.25) is 5.91 Å². The van der Waals surface area contributed by atoms with E-state index in [2.05, 4.69) is 43.4 Å². The van der Waals surface area contributed by atoms with Crippen LogP contribution in [0.3, 0.4) is 0 Å². The minimum absolute atomic E-state index is 0.102. The van der Waals surface area contributed by atoms with Gasteiger partial charge < -0.3 is 5.32 Å². The zero-order chi connectivity index (χ0) is 12.7. The third-order valence-corrected chi connectivity index (χ3v) is 3.02. The Hall–Kier alpha value is -1.31. The van der Waals surface area contributed by atoms with Gasteiger partial charge in [0.1, 0.15) is 0 Å². The molecule has 2 heteroatoms. The van der Waals surface area contributed by atoms with Crippen molar-refractivity contribution in [2.45, 2.75) is 52.5 Å². The molecule has 0 aliphatic rings. The summed E-state index contributed by atoms with van der Waals surface area (Å²) in [5.41, 5.74) is 2.50. The third kappa shape index (κ3) is 4.59. The average molecular weight is 233 g/mol. The number of aryl methyl sites for hydroxylation is 1. The third-order valence-electron chi connectivity index (χ3n) is 3.02. The molecule has 0 fully saturated rings. The van der Waals surface area contributed by atoms with Gasteiger partial charge in [0.05, 0.1) is 6.04 Å². The Labute approximate surface area is 104 Å². The molecule has 94 valence electrons. The zero-order valence-electron chi connectivity index (χ0n) is 11.1. The highest BCUT2D eigenvalue weighted by atomic mass is 16.1. The van der Waals surface area contributed by atoms with Crippen LogP contribution >= 0.6 is 0 Å². The standard InChI is InChI=1S/C15H23NO/c1-4-6-7-15(17)16-12(3)14-10-8-13(5-2)9-11-14/h8-12H,4-7H2,1-3H3,(H,16,17). The number of hydrogen-bond acceptors (Lipinski definition) is 1. The molecule has 1 aromatic carbocycles. The predicted octanol–water partition coefficient (Wildman–Crippen LogP) is 3.62. The minimum atomic E-state index is 0.102. The molecule has 1 unspecified atom stereocenters. The molecule has 1 rings (SSSR count). The van der Waals surface area contributed by atoms with Crippen molar-refractivity contribution in [3.05, 3.63) is 35.4 Å². The molecule has 0 aliphatic carbocycles. The summed E-state index contributed by atoms with van der Waals surface area (Å²) >= 11 is 0. The van der Waals surface area contributed by atoms with E-state index in [1.807, 2.05) is 6.92 Å². The van der Waals surface area contributed by atoms with E-state index in [4.69, 9.17) is 0 Å². The van der Waals surface area contributed by atoms with Gasteiger partial charge in [0, 0.05) is 6.42 Å². The van der Waals surface area contributed by atoms with Crippen molar-refractivity contribution in [1.82, 2.24) is 5.32 Å². The van der Waals surface area contributed by atoms with E-state index >= 15 is 0 Å². The Kier molecular flexibility index (Phi) is 5.75. The highest BCUT2D eigenvalue weighted by Gasteiger charge is 2.08. The first-order valence-corrected chi connectivity index (χ1v) is 6.55. The van der Waals surface area contributed by atoms with Gasteiger partial charge in [0.15, 0.2) is 0 Å². The van der Waals surface area contributed by atoms with Crippen molar-refractivity contribution < 1.29 is 4.79 Å². The van der Waals surface area contributed by atoms with Crippen LogP contribution in [0.4, 0.5) is 0 Å². The lowest BCUT2D eigenvalue weighted by Crippen LogP contribution is -2.26. The van der Waals surface area contributed by atoms with E-state index in [1.165, 1.54) is 11.1 Å². The topological polar surface area (TPSA) is 29.1 Å². The lowest BCUT2D eigenvalue weighted by Gasteiger charge is -2.14. The maximum Gasteiger partial charge on any atom is 0.220 e. The number of nitrogens with one attached hydrogen (secondary N) is 1. The molecular weight excluding hydrogens is 210 g/mol. The Morgan fingerprint density at radius 3 is 2.41 bits per heavy atom. The van der Waals surface area contributed by atoms with Crippen molar-refractivity contribution >= 4 is 5.91 Å². The molecule has 0 radical (unpaired) electrons. The Balaban J connectivity index is 2.51. The van der Waals surface area contributed by atoms with Gasteiger partial charge in [-0.3, -0.25) is 4.79 Å². The molecule has 0 aromatic heterocycles. The summed E-state index contributed by atoms with van der Waals surface area (Å²) in [6.45, 7) is 6.27. The highest BCUT2D eigenvalue weighted by Crippen LogP contribution is 2.14. The normalized spacial score (nSPS) is 12.2. The molecule has 0 bridgehead atoms. The second-order valence-corrected chi connectivity index (χ2v) is 4.49. The number of benzene rings is 1. The van der Waals surface area contributed by atoms with Gasteiger partial charge in [-0.05, 0) is 30.9 Å². The smallest absolute Gasteiger partial charge is 0.220 e. The summed E-state index contributed by atoms with van der Waals surface area (Å²) < 4.78 is 0. The lowest BCUT2D eigenvalue weighted by molar-refractivity contribution is -0.121. The van der Waals surface area contributed by atoms with Crippen molar-refractivity contribution in [2.75, 3.05) is 0 Å².